The summed E-state index contributed by atoms with van der Waals surface area (Å²) >= 11 is 1.70. The van der Waals surface area contributed by atoms with Crippen molar-refractivity contribution in [1.29, 1.82) is 0 Å². The molecular formula is C21H24N4O2S. The number of amides is 1. The molecule has 0 radical (unpaired) electrons. The molecule has 2 aromatic heterocycles. The maximum absolute atomic E-state index is 12.8. The van der Waals surface area contributed by atoms with Crippen LogP contribution in [0.1, 0.15) is 16.4 Å². The summed E-state index contributed by atoms with van der Waals surface area (Å²) in [5.74, 6) is 1.05. The maximum atomic E-state index is 12.8. The highest BCUT2D eigenvalue weighted by atomic mass is 32.1. The van der Waals surface area contributed by atoms with Gasteiger partial charge in [0.15, 0.2) is 0 Å². The number of nitrogens with one attached hydrogen (secondary N) is 2. The summed E-state index contributed by atoms with van der Waals surface area (Å²) < 4.78 is 7.00. The molecule has 1 fully saturated rings. The highest BCUT2D eigenvalue weighted by Gasteiger charge is 2.34. The lowest BCUT2D eigenvalue weighted by Gasteiger charge is -2.16. The minimum absolute atomic E-state index is 0.0646. The van der Waals surface area contributed by atoms with Gasteiger partial charge in [-0.1, -0.05) is 0 Å². The molecule has 3 aromatic rings. The van der Waals surface area contributed by atoms with Crippen molar-refractivity contribution in [3.8, 4) is 16.2 Å². The zero-order chi connectivity index (χ0) is 19.5. The van der Waals surface area contributed by atoms with E-state index in [0.29, 0.717) is 13.1 Å². The second-order valence-electron chi connectivity index (χ2n) is 7.03. The lowest BCUT2D eigenvalue weighted by molar-refractivity contribution is -0.124. The Kier molecular flexibility index (Phi) is 5.45. The highest BCUT2D eigenvalue weighted by Crippen LogP contribution is 2.30. The van der Waals surface area contributed by atoms with Gasteiger partial charge in [-0.05, 0) is 47.5 Å². The van der Waals surface area contributed by atoms with Crippen LogP contribution in [0.25, 0.3) is 10.4 Å². The van der Waals surface area contributed by atoms with Crippen molar-refractivity contribution in [2.45, 2.75) is 12.5 Å². The van der Waals surface area contributed by atoms with Crippen molar-refractivity contribution in [3.05, 3.63) is 59.2 Å². The van der Waals surface area contributed by atoms with E-state index in [1.807, 2.05) is 31.6 Å². The molecule has 0 unspecified atom stereocenters. The van der Waals surface area contributed by atoms with Gasteiger partial charge in [-0.25, -0.2) is 0 Å². The molecule has 7 heteroatoms. The second kappa shape index (κ2) is 8.16. The number of aryl methyl sites for hydroxylation is 1. The molecule has 4 rings (SSSR count). The number of benzene rings is 1. The molecule has 28 heavy (non-hydrogen) atoms. The number of rotatable bonds is 6. The van der Waals surface area contributed by atoms with Crippen LogP contribution in [0.15, 0.2) is 48.8 Å². The van der Waals surface area contributed by atoms with Gasteiger partial charge in [-0.3, -0.25) is 9.48 Å². The van der Waals surface area contributed by atoms with Crippen LogP contribution in [0, 0.1) is 5.92 Å². The van der Waals surface area contributed by atoms with E-state index in [1.165, 1.54) is 4.88 Å². The van der Waals surface area contributed by atoms with Crippen molar-refractivity contribution in [3.63, 3.8) is 0 Å². The molecule has 1 amide bonds. The van der Waals surface area contributed by atoms with Crippen LogP contribution in [0.5, 0.6) is 5.75 Å². The number of thiophene rings is 1. The summed E-state index contributed by atoms with van der Waals surface area (Å²) in [6.45, 7) is 2.06. The molecular weight excluding hydrogens is 372 g/mol. The van der Waals surface area contributed by atoms with Crippen molar-refractivity contribution in [2.75, 3.05) is 20.2 Å². The summed E-state index contributed by atoms with van der Waals surface area (Å²) in [4.78, 5) is 15.1. The van der Waals surface area contributed by atoms with Crippen molar-refractivity contribution in [1.82, 2.24) is 20.4 Å². The molecule has 0 spiro atoms. The summed E-state index contributed by atoms with van der Waals surface area (Å²) in [7, 11) is 3.57. The molecule has 2 atom stereocenters. The van der Waals surface area contributed by atoms with Gasteiger partial charge in [0.2, 0.25) is 5.91 Å². The van der Waals surface area contributed by atoms with Crippen LogP contribution in [0.4, 0.5) is 0 Å². The van der Waals surface area contributed by atoms with Crippen molar-refractivity contribution >= 4 is 17.2 Å². The van der Waals surface area contributed by atoms with Crippen LogP contribution in [-0.2, 0) is 18.4 Å². The van der Waals surface area contributed by atoms with E-state index in [1.54, 1.807) is 23.1 Å². The van der Waals surface area contributed by atoms with Crippen LogP contribution in [0.3, 0.4) is 0 Å². The normalized spacial score (nSPS) is 18.9. The Morgan fingerprint density at radius 1 is 1.29 bits per heavy atom. The van der Waals surface area contributed by atoms with E-state index < -0.39 is 0 Å². The number of hydrogen-bond donors (Lipinski definition) is 2. The molecule has 1 aromatic carbocycles. The van der Waals surface area contributed by atoms with E-state index >= 15 is 0 Å². The van der Waals surface area contributed by atoms with Gasteiger partial charge >= 0.3 is 0 Å². The van der Waals surface area contributed by atoms with Crippen LogP contribution in [0.2, 0.25) is 0 Å². The summed E-state index contributed by atoms with van der Waals surface area (Å²) in [5.41, 5.74) is 2.27. The molecule has 0 saturated carbocycles. The molecule has 6 nitrogen and oxygen atoms in total. The van der Waals surface area contributed by atoms with E-state index in [9.17, 15) is 4.79 Å². The van der Waals surface area contributed by atoms with E-state index in [2.05, 4.69) is 40.0 Å². The Bertz CT molecular complexity index is 947. The van der Waals surface area contributed by atoms with Gasteiger partial charge < -0.3 is 15.4 Å². The standard InChI is InChI=1S/C21H24N4O2S/c1-25-13-15(9-24-25)18-11-22-12-19(18)21(26)23-10-17-7-8-20(28-17)14-3-5-16(27-2)6-4-14/h3-9,13,18-19,22H,10-12H2,1-2H3,(H,23,26)/t18-,19+/m1/s1. The first-order chi connectivity index (χ1) is 13.6. The third kappa shape index (κ3) is 3.95. The Labute approximate surface area is 168 Å². The third-order valence-electron chi connectivity index (χ3n) is 5.18. The molecule has 1 saturated heterocycles. The van der Waals surface area contributed by atoms with Crippen LogP contribution in [-0.4, -0.2) is 35.9 Å². The molecule has 146 valence electrons. The molecule has 1 aliphatic heterocycles. The fourth-order valence-corrected chi connectivity index (χ4v) is 4.58. The highest BCUT2D eigenvalue weighted by molar-refractivity contribution is 7.15. The van der Waals surface area contributed by atoms with E-state index in [4.69, 9.17) is 4.74 Å². The van der Waals surface area contributed by atoms with Gasteiger partial charge in [0.1, 0.15) is 5.75 Å². The third-order valence-corrected chi connectivity index (χ3v) is 6.31. The fourth-order valence-electron chi connectivity index (χ4n) is 3.62. The first kappa shape index (κ1) is 18.7. The molecule has 3 heterocycles. The lowest BCUT2D eigenvalue weighted by Crippen LogP contribution is -2.33. The first-order valence-corrected chi connectivity index (χ1v) is 10.2. The Morgan fingerprint density at radius 3 is 2.82 bits per heavy atom. The van der Waals surface area contributed by atoms with Crippen molar-refractivity contribution in [2.24, 2.45) is 13.0 Å². The number of aromatic nitrogens is 2. The Hall–Kier alpha value is -2.64. The maximum Gasteiger partial charge on any atom is 0.225 e. The van der Waals surface area contributed by atoms with Gasteiger partial charge in [-0.2, -0.15) is 5.10 Å². The monoisotopic (exact) mass is 396 g/mol. The number of carbonyl (C=O) groups is 1. The lowest BCUT2D eigenvalue weighted by atomic mass is 9.90. The van der Waals surface area contributed by atoms with Crippen LogP contribution < -0.4 is 15.4 Å². The average molecular weight is 397 g/mol. The van der Waals surface area contributed by atoms with Crippen LogP contribution >= 0.6 is 11.3 Å². The predicted molar refractivity (Wildman–Crippen MR) is 110 cm³/mol. The fraction of sp³-hybridized carbons (Fsp3) is 0.333. The van der Waals surface area contributed by atoms with E-state index in [0.717, 1.165) is 28.3 Å². The zero-order valence-electron chi connectivity index (χ0n) is 16.0. The molecule has 0 aliphatic carbocycles. The minimum Gasteiger partial charge on any atom is -0.497 e. The number of carbonyl (C=O) groups excluding carboxylic acids is 1. The number of hydrogen-bond acceptors (Lipinski definition) is 5. The smallest absolute Gasteiger partial charge is 0.225 e. The summed E-state index contributed by atoms with van der Waals surface area (Å²) in [6.07, 6.45) is 3.86. The quantitative estimate of drug-likeness (QED) is 0.672. The minimum atomic E-state index is -0.0646. The van der Waals surface area contributed by atoms with E-state index in [-0.39, 0.29) is 17.7 Å². The van der Waals surface area contributed by atoms with Gasteiger partial charge in [0.05, 0.1) is 25.8 Å². The topological polar surface area (TPSA) is 68.2 Å². The zero-order valence-corrected chi connectivity index (χ0v) is 16.8. The van der Waals surface area contributed by atoms with Gasteiger partial charge in [0, 0.05) is 42.0 Å². The van der Waals surface area contributed by atoms with Gasteiger partial charge in [-0.15, -0.1) is 11.3 Å². The molecule has 0 bridgehead atoms. The number of methoxy groups -OCH3 is 1. The average Bonchev–Trinajstić information content (AvgIpc) is 3.46. The molecule has 2 N–H and O–H groups in total. The Balaban J connectivity index is 1.37. The second-order valence-corrected chi connectivity index (χ2v) is 8.20. The largest absolute Gasteiger partial charge is 0.497 e. The van der Waals surface area contributed by atoms with Crippen molar-refractivity contribution < 1.29 is 9.53 Å². The van der Waals surface area contributed by atoms with Gasteiger partial charge in [0.25, 0.3) is 0 Å². The summed E-state index contributed by atoms with van der Waals surface area (Å²) in [6, 6.07) is 12.2. The first-order valence-electron chi connectivity index (χ1n) is 9.34. The summed E-state index contributed by atoms with van der Waals surface area (Å²) in [5, 5.41) is 10.7. The SMILES string of the molecule is COc1ccc(-c2ccc(CNC(=O)[C@H]3CNC[C@@H]3c3cnn(C)c3)s2)cc1. The number of nitrogens with zero attached hydrogens (tertiary/aromatic N) is 2. The predicted octanol–water partition coefficient (Wildman–Crippen LogP) is 2.78. The number of ether oxygens (including phenoxy) is 1. The Morgan fingerprint density at radius 2 is 2.11 bits per heavy atom. The molecule has 1 aliphatic rings.